The van der Waals surface area contributed by atoms with Crippen LogP contribution in [-0.4, -0.2) is 38.8 Å². The molecular formula is C30H27N2O4S+. The SMILES string of the molecule is O=C(Cc1ccccc1)CC1C(=O)N2C(C(=O)O)=C(/C=C/c3ccc(C[n+]4ccccc4)cc3)CSC12. The summed E-state index contributed by atoms with van der Waals surface area (Å²) in [5.41, 5.74) is 3.64. The summed E-state index contributed by atoms with van der Waals surface area (Å²) in [6.07, 6.45) is 8.11. The van der Waals surface area contributed by atoms with E-state index in [1.54, 1.807) is 6.08 Å². The van der Waals surface area contributed by atoms with E-state index >= 15 is 0 Å². The molecule has 0 aliphatic carbocycles. The predicted molar refractivity (Wildman–Crippen MR) is 142 cm³/mol. The van der Waals surface area contributed by atoms with Crippen LogP contribution in [0.4, 0.5) is 0 Å². The molecule has 0 saturated carbocycles. The number of carbonyl (C=O) groups excluding carboxylic acids is 2. The van der Waals surface area contributed by atoms with Crippen molar-refractivity contribution in [1.29, 1.82) is 0 Å². The highest BCUT2D eigenvalue weighted by Crippen LogP contribution is 2.45. The minimum absolute atomic E-state index is 0.00883. The van der Waals surface area contributed by atoms with Crippen molar-refractivity contribution in [2.24, 2.45) is 5.92 Å². The smallest absolute Gasteiger partial charge is 0.352 e. The molecule has 1 saturated heterocycles. The number of allylic oxidation sites excluding steroid dienone is 1. The van der Waals surface area contributed by atoms with Gasteiger partial charge in [0.05, 0.1) is 11.3 Å². The Morgan fingerprint density at radius 3 is 2.35 bits per heavy atom. The van der Waals surface area contributed by atoms with Crippen LogP contribution >= 0.6 is 11.8 Å². The predicted octanol–water partition coefficient (Wildman–Crippen LogP) is 4.11. The number of ketones is 1. The number of aromatic nitrogens is 1. The third-order valence-corrected chi connectivity index (χ3v) is 7.96. The average Bonchev–Trinajstić information content (AvgIpc) is 2.92. The molecule has 2 aliphatic heterocycles. The molecule has 5 rings (SSSR count). The van der Waals surface area contributed by atoms with Crippen LogP contribution < -0.4 is 4.57 Å². The Hall–Kier alpha value is -3.97. The Morgan fingerprint density at radius 2 is 1.65 bits per heavy atom. The summed E-state index contributed by atoms with van der Waals surface area (Å²) in [5, 5.41) is 9.61. The van der Waals surface area contributed by atoms with Gasteiger partial charge in [0.25, 0.3) is 0 Å². The number of benzene rings is 2. The van der Waals surface area contributed by atoms with Crippen molar-refractivity contribution in [3.8, 4) is 0 Å². The number of hydrogen-bond donors (Lipinski definition) is 1. The van der Waals surface area contributed by atoms with Crippen LogP contribution in [-0.2, 0) is 27.3 Å². The summed E-state index contributed by atoms with van der Waals surface area (Å²) < 4.78 is 2.09. The highest BCUT2D eigenvalue weighted by Gasteiger charge is 2.53. The van der Waals surface area contributed by atoms with Crippen molar-refractivity contribution >= 4 is 35.5 Å². The number of nitrogens with zero attached hydrogens (tertiary/aromatic N) is 2. The number of fused-ring (bicyclic) bond motifs is 1. The summed E-state index contributed by atoms with van der Waals surface area (Å²) in [4.78, 5) is 39.0. The number of carbonyl (C=O) groups is 3. The van der Waals surface area contributed by atoms with E-state index in [9.17, 15) is 19.5 Å². The largest absolute Gasteiger partial charge is 0.477 e. The molecule has 1 N–H and O–H groups in total. The number of aliphatic carboxylic acids is 1. The fraction of sp³-hybridized carbons (Fsp3) is 0.200. The van der Waals surface area contributed by atoms with Crippen molar-refractivity contribution in [2.75, 3.05) is 5.75 Å². The van der Waals surface area contributed by atoms with Gasteiger partial charge in [-0.2, -0.15) is 0 Å². The maximum Gasteiger partial charge on any atom is 0.352 e. The van der Waals surface area contributed by atoms with Crippen LogP contribution in [0.1, 0.15) is 23.1 Å². The standard InChI is InChI=1S/C30H26N2O4S/c33-25(17-22-7-3-1-4-8-22)18-26-28(34)32-27(30(35)36)24(20-37-29(26)32)14-13-21-9-11-23(12-10-21)19-31-15-5-2-6-16-31/h1-16,26,29H,17-20H2/p+1/b14-13+. The van der Waals surface area contributed by atoms with Gasteiger partial charge in [0, 0.05) is 36.3 Å². The van der Waals surface area contributed by atoms with E-state index < -0.39 is 11.9 Å². The number of carboxylic acids is 1. The van der Waals surface area contributed by atoms with Gasteiger partial charge in [-0.1, -0.05) is 72.8 Å². The first kappa shape index (κ1) is 24.7. The molecule has 2 atom stereocenters. The zero-order valence-corrected chi connectivity index (χ0v) is 21.0. The molecule has 1 fully saturated rings. The number of Topliss-reactive ketones (excluding diaryl/α,β-unsaturated/α-hetero) is 1. The Morgan fingerprint density at radius 1 is 0.946 bits per heavy atom. The molecule has 6 nitrogen and oxygen atoms in total. The van der Waals surface area contributed by atoms with Gasteiger partial charge in [-0.05, 0) is 16.7 Å². The van der Waals surface area contributed by atoms with Gasteiger partial charge >= 0.3 is 5.97 Å². The van der Waals surface area contributed by atoms with Crippen molar-refractivity contribution in [2.45, 2.75) is 24.8 Å². The number of β-lactam (4-membered cyclic amide) rings is 1. The van der Waals surface area contributed by atoms with E-state index in [1.807, 2.05) is 91.3 Å². The second kappa shape index (κ2) is 11.0. The molecule has 1 amide bonds. The minimum atomic E-state index is -1.12. The molecule has 1 aromatic heterocycles. The van der Waals surface area contributed by atoms with Crippen LogP contribution in [0, 0.1) is 5.92 Å². The summed E-state index contributed by atoms with van der Waals surface area (Å²) in [5.74, 6) is -1.42. The lowest BCUT2D eigenvalue weighted by Gasteiger charge is -2.49. The zero-order chi connectivity index (χ0) is 25.8. The molecule has 2 aromatic carbocycles. The lowest BCUT2D eigenvalue weighted by atomic mass is 9.89. The second-order valence-corrected chi connectivity index (χ2v) is 10.3. The topological polar surface area (TPSA) is 78.6 Å². The van der Waals surface area contributed by atoms with Crippen molar-refractivity contribution in [3.05, 3.63) is 119 Å². The lowest BCUT2D eigenvalue weighted by molar-refractivity contribution is -0.688. The van der Waals surface area contributed by atoms with Gasteiger partial charge in [0.15, 0.2) is 18.9 Å². The highest BCUT2D eigenvalue weighted by atomic mass is 32.2. The van der Waals surface area contributed by atoms with Gasteiger partial charge in [-0.25, -0.2) is 9.36 Å². The molecular weight excluding hydrogens is 484 g/mol. The van der Waals surface area contributed by atoms with Gasteiger partial charge < -0.3 is 5.11 Å². The first-order valence-corrected chi connectivity index (χ1v) is 13.2. The van der Waals surface area contributed by atoms with Crippen molar-refractivity contribution < 1.29 is 24.1 Å². The fourth-order valence-electron chi connectivity index (χ4n) is 4.73. The normalized spacial score (nSPS) is 19.0. The third-order valence-electron chi connectivity index (χ3n) is 6.60. The second-order valence-electron chi connectivity index (χ2n) is 9.22. The van der Waals surface area contributed by atoms with Gasteiger partial charge in [0.1, 0.15) is 11.5 Å². The van der Waals surface area contributed by atoms with Crippen LogP contribution in [0.25, 0.3) is 6.08 Å². The Balaban J connectivity index is 1.25. The fourth-order valence-corrected chi connectivity index (χ4v) is 6.11. The van der Waals surface area contributed by atoms with Crippen LogP contribution in [0.3, 0.4) is 0 Å². The monoisotopic (exact) mass is 511 g/mol. The van der Waals surface area contributed by atoms with E-state index in [0.717, 1.165) is 23.2 Å². The number of thioether (sulfide) groups is 1. The number of carboxylic acid groups (broad SMARTS) is 1. The average molecular weight is 512 g/mol. The first-order valence-electron chi connectivity index (χ1n) is 12.2. The quantitative estimate of drug-likeness (QED) is 0.346. The molecule has 0 radical (unpaired) electrons. The Bertz CT molecular complexity index is 1370. The van der Waals surface area contributed by atoms with Crippen LogP contribution in [0.2, 0.25) is 0 Å². The summed E-state index contributed by atoms with van der Waals surface area (Å²) in [6.45, 7) is 0.767. The molecule has 3 aromatic rings. The molecule has 0 bridgehead atoms. The molecule has 7 heteroatoms. The number of amides is 1. The van der Waals surface area contributed by atoms with Gasteiger partial charge in [-0.3, -0.25) is 14.5 Å². The van der Waals surface area contributed by atoms with E-state index in [1.165, 1.54) is 16.7 Å². The highest BCUT2D eigenvalue weighted by molar-refractivity contribution is 8.00. The Kier molecular flexibility index (Phi) is 7.32. The third kappa shape index (κ3) is 5.57. The Labute approximate surface area is 219 Å². The van der Waals surface area contributed by atoms with Gasteiger partial charge in [-0.15, -0.1) is 11.8 Å². The van der Waals surface area contributed by atoms with Crippen LogP contribution in [0.5, 0.6) is 0 Å². The maximum absolute atomic E-state index is 12.9. The maximum atomic E-state index is 12.9. The molecule has 2 aliphatic rings. The summed E-state index contributed by atoms with van der Waals surface area (Å²) in [6, 6.07) is 23.5. The number of hydrogen-bond acceptors (Lipinski definition) is 4. The zero-order valence-electron chi connectivity index (χ0n) is 20.2. The van der Waals surface area contributed by atoms with E-state index in [0.29, 0.717) is 11.3 Å². The molecule has 186 valence electrons. The van der Waals surface area contributed by atoms with E-state index in [4.69, 9.17) is 0 Å². The van der Waals surface area contributed by atoms with Crippen molar-refractivity contribution in [3.63, 3.8) is 0 Å². The van der Waals surface area contributed by atoms with E-state index in [-0.39, 0.29) is 35.6 Å². The molecule has 2 unspecified atom stereocenters. The van der Waals surface area contributed by atoms with Crippen LogP contribution in [0.15, 0.2) is 103 Å². The molecule has 37 heavy (non-hydrogen) atoms. The molecule has 0 spiro atoms. The first-order chi connectivity index (χ1) is 18.0. The summed E-state index contributed by atoms with van der Waals surface area (Å²) >= 11 is 1.52. The minimum Gasteiger partial charge on any atom is -0.477 e. The van der Waals surface area contributed by atoms with Crippen molar-refractivity contribution in [1.82, 2.24) is 4.90 Å². The van der Waals surface area contributed by atoms with Gasteiger partial charge in [0.2, 0.25) is 5.91 Å². The van der Waals surface area contributed by atoms with E-state index in [2.05, 4.69) is 4.57 Å². The summed E-state index contributed by atoms with van der Waals surface area (Å²) in [7, 11) is 0. The lowest BCUT2D eigenvalue weighted by Crippen LogP contribution is -2.61. The number of pyridine rings is 1. The number of rotatable bonds is 9. The molecule has 3 heterocycles.